The second-order valence-corrected chi connectivity index (χ2v) is 8.21. The topological polar surface area (TPSA) is 79.5 Å². The van der Waals surface area contributed by atoms with E-state index in [-0.39, 0.29) is 23.5 Å². The lowest BCUT2D eigenvalue weighted by molar-refractivity contribution is 0.0749. The lowest BCUT2D eigenvalue weighted by Crippen LogP contribution is -2.38. The molecule has 1 fully saturated rings. The minimum absolute atomic E-state index is 0.0416. The summed E-state index contributed by atoms with van der Waals surface area (Å²) in [6.45, 7) is 1.84. The van der Waals surface area contributed by atoms with Crippen LogP contribution in [0.15, 0.2) is 18.2 Å². The van der Waals surface area contributed by atoms with Crippen molar-refractivity contribution in [3.05, 3.63) is 29.5 Å². The number of hydrogen-bond donors (Lipinski definition) is 1. The van der Waals surface area contributed by atoms with E-state index in [1.54, 1.807) is 19.1 Å². The molecular weight excluding hydrogens is 316 g/mol. The van der Waals surface area contributed by atoms with Gasteiger partial charge in [0.15, 0.2) is 9.84 Å². The van der Waals surface area contributed by atoms with Crippen molar-refractivity contribution in [2.75, 3.05) is 25.7 Å². The van der Waals surface area contributed by atoms with E-state index < -0.39 is 9.84 Å². The highest BCUT2D eigenvalue weighted by atomic mass is 32.2. The Kier molecular flexibility index (Phi) is 3.83. The zero-order valence-electron chi connectivity index (χ0n) is 13.4. The number of methoxy groups -OCH3 is 1. The minimum Gasteiger partial charge on any atom is -0.495 e. The molecule has 0 saturated carbocycles. The summed E-state index contributed by atoms with van der Waals surface area (Å²) < 4.78 is 28.6. The molecule has 23 heavy (non-hydrogen) atoms. The van der Waals surface area contributed by atoms with Gasteiger partial charge in [-0.05, 0) is 19.4 Å². The van der Waals surface area contributed by atoms with Crippen LogP contribution >= 0.6 is 0 Å². The standard InChI is InChI=1S/C16H20N2O4S/c1-10-14(12-5-4-6-13(22-3)15(12)17-10)16(19)18(2)11-7-8-23(20,21)9-11/h4-6,11,17H,7-9H2,1-3H3. The zero-order valence-corrected chi connectivity index (χ0v) is 14.2. The van der Waals surface area contributed by atoms with Crippen molar-refractivity contribution in [2.24, 2.45) is 0 Å². The molecule has 0 radical (unpaired) electrons. The number of aromatic nitrogens is 1. The van der Waals surface area contributed by atoms with Crippen LogP contribution < -0.4 is 4.74 Å². The number of sulfone groups is 1. The Labute approximate surface area is 135 Å². The Balaban J connectivity index is 2.00. The fourth-order valence-corrected chi connectivity index (χ4v) is 4.96. The molecular formula is C16H20N2O4S. The molecule has 2 aromatic rings. The number of nitrogens with one attached hydrogen (secondary N) is 1. The number of nitrogens with zero attached hydrogens (tertiary/aromatic N) is 1. The summed E-state index contributed by atoms with van der Waals surface area (Å²) in [5, 5.41) is 0.791. The van der Waals surface area contributed by atoms with E-state index in [9.17, 15) is 13.2 Å². The smallest absolute Gasteiger partial charge is 0.256 e. The molecule has 7 heteroatoms. The van der Waals surface area contributed by atoms with E-state index in [0.29, 0.717) is 17.7 Å². The molecule has 1 saturated heterocycles. The van der Waals surface area contributed by atoms with Crippen LogP contribution in [0.25, 0.3) is 10.9 Å². The second-order valence-electron chi connectivity index (χ2n) is 5.98. The van der Waals surface area contributed by atoms with Crippen molar-refractivity contribution in [1.29, 1.82) is 0 Å². The van der Waals surface area contributed by atoms with Crippen LogP contribution in [0, 0.1) is 6.92 Å². The number of H-pyrrole nitrogens is 1. The lowest BCUT2D eigenvalue weighted by Gasteiger charge is -2.23. The number of hydrogen-bond acceptors (Lipinski definition) is 4. The molecule has 1 aromatic heterocycles. The van der Waals surface area contributed by atoms with Crippen molar-refractivity contribution in [2.45, 2.75) is 19.4 Å². The molecule has 6 nitrogen and oxygen atoms in total. The third-order valence-electron chi connectivity index (χ3n) is 4.49. The van der Waals surface area contributed by atoms with Crippen molar-refractivity contribution in [3.63, 3.8) is 0 Å². The SMILES string of the molecule is COc1cccc2c(C(=O)N(C)C3CCS(=O)(=O)C3)c(C)[nH]c12. The van der Waals surface area contributed by atoms with Gasteiger partial charge in [-0.1, -0.05) is 12.1 Å². The first-order valence-electron chi connectivity index (χ1n) is 7.47. The van der Waals surface area contributed by atoms with Crippen molar-refractivity contribution < 1.29 is 17.9 Å². The molecule has 1 aliphatic heterocycles. The van der Waals surface area contributed by atoms with Crippen LogP contribution in [-0.4, -0.2) is 55.9 Å². The summed E-state index contributed by atoms with van der Waals surface area (Å²) in [4.78, 5) is 17.7. The van der Waals surface area contributed by atoms with Crippen molar-refractivity contribution in [1.82, 2.24) is 9.88 Å². The number of aromatic amines is 1. The van der Waals surface area contributed by atoms with E-state index in [0.717, 1.165) is 16.6 Å². The quantitative estimate of drug-likeness (QED) is 0.926. The number of carbonyl (C=O) groups excluding carboxylic acids is 1. The highest BCUT2D eigenvalue weighted by Crippen LogP contribution is 2.31. The van der Waals surface area contributed by atoms with Gasteiger partial charge in [-0.25, -0.2) is 8.42 Å². The fourth-order valence-electron chi connectivity index (χ4n) is 3.19. The molecule has 0 aliphatic carbocycles. The van der Waals surface area contributed by atoms with Gasteiger partial charge in [0.1, 0.15) is 5.75 Å². The van der Waals surface area contributed by atoms with Crippen LogP contribution in [0.1, 0.15) is 22.5 Å². The van der Waals surface area contributed by atoms with E-state index >= 15 is 0 Å². The van der Waals surface area contributed by atoms with Crippen molar-refractivity contribution in [3.8, 4) is 5.75 Å². The number of benzene rings is 1. The molecule has 3 rings (SSSR count). The largest absolute Gasteiger partial charge is 0.495 e. The van der Waals surface area contributed by atoms with Crippen LogP contribution in [0.3, 0.4) is 0 Å². The number of amides is 1. The third kappa shape index (κ3) is 2.69. The normalized spacial score (nSPS) is 19.9. The number of fused-ring (bicyclic) bond motifs is 1. The molecule has 0 bridgehead atoms. The Morgan fingerprint density at radius 1 is 1.39 bits per heavy atom. The molecule has 1 unspecified atom stereocenters. The second kappa shape index (κ2) is 5.56. The maximum atomic E-state index is 12.9. The average molecular weight is 336 g/mol. The number of para-hydroxylation sites is 1. The van der Waals surface area contributed by atoms with Crippen LogP contribution in [0.4, 0.5) is 0 Å². The summed E-state index contributed by atoms with van der Waals surface area (Å²) in [5.41, 5.74) is 2.11. The van der Waals surface area contributed by atoms with Gasteiger partial charge < -0.3 is 14.6 Å². The first-order chi connectivity index (χ1) is 10.8. The minimum atomic E-state index is -3.03. The summed E-state index contributed by atoms with van der Waals surface area (Å²) in [6.07, 6.45) is 0.495. The first kappa shape index (κ1) is 15.9. The summed E-state index contributed by atoms with van der Waals surface area (Å²) in [7, 11) is 0.230. The average Bonchev–Trinajstić information content (AvgIpc) is 3.04. The highest BCUT2D eigenvalue weighted by molar-refractivity contribution is 7.91. The third-order valence-corrected chi connectivity index (χ3v) is 6.24. The predicted molar refractivity (Wildman–Crippen MR) is 88.7 cm³/mol. The van der Waals surface area contributed by atoms with E-state index in [1.165, 1.54) is 0 Å². The summed E-state index contributed by atoms with van der Waals surface area (Å²) in [5.74, 6) is 0.704. The van der Waals surface area contributed by atoms with E-state index in [4.69, 9.17) is 4.74 Å². The predicted octanol–water partition coefficient (Wildman–Crippen LogP) is 1.74. The number of rotatable bonds is 3. The number of aryl methyl sites for hydroxylation is 1. The maximum Gasteiger partial charge on any atom is 0.256 e. The van der Waals surface area contributed by atoms with Gasteiger partial charge in [0.2, 0.25) is 0 Å². The molecule has 1 atom stereocenters. The highest BCUT2D eigenvalue weighted by Gasteiger charge is 2.34. The zero-order chi connectivity index (χ0) is 16.8. The van der Waals surface area contributed by atoms with E-state index in [2.05, 4.69) is 4.98 Å². The van der Waals surface area contributed by atoms with Gasteiger partial charge in [0.05, 0.1) is 29.7 Å². The molecule has 1 aliphatic rings. The number of ether oxygens (including phenoxy) is 1. The molecule has 1 N–H and O–H groups in total. The van der Waals surface area contributed by atoms with Gasteiger partial charge >= 0.3 is 0 Å². The Morgan fingerprint density at radius 2 is 2.13 bits per heavy atom. The lowest BCUT2D eigenvalue weighted by atomic mass is 10.1. The summed E-state index contributed by atoms with van der Waals surface area (Å²) >= 11 is 0. The van der Waals surface area contributed by atoms with Gasteiger partial charge in [0.25, 0.3) is 5.91 Å². The summed E-state index contributed by atoms with van der Waals surface area (Å²) in [6, 6.07) is 5.28. The molecule has 124 valence electrons. The molecule has 0 spiro atoms. The molecule has 2 heterocycles. The van der Waals surface area contributed by atoms with Gasteiger partial charge in [-0.2, -0.15) is 0 Å². The fraction of sp³-hybridized carbons (Fsp3) is 0.438. The Hall–Kier alpha value is -2.02. The number of carbonyl (C=O) groups is 1. The van der Waals surface area contributed by atoms with Gasteiger partial charge in [-0.15, -0.1) is 0 Å². The van der Waals surface area contributed by atoms with Crippen LogP contribution in [-0.2, 0) is 9.84 Å². The van der Waals surface area contributed by atoms with Crippen LogP contribution in [0.2, 0.25) is 0 Å². The van der Waals surface area contributed by atoms with Gasteiger partial charge in [0, 0.05) is 24.2 Å². The maximum absolute atomic E-state index is 12.9. The monoisotopic (exact) mass is 336 g/mol. The van der Waals surface area contributed by atoms with E-state index in [1.807, 2.05) is 25.1 Å². The Morgan fingerprint density at radius 3 is 2.74 bits per heavy atom. The van der Waals surface area contributed by atoms with Crippen LogP contribution in [0.5, 0.6) is 5.75 Å². The Bertz CT molecular complexity index is 870. The van der Waals surface area contributed by atoms with Gasteiger partial charge in [-0.3, -0.25) is 4.79 Å². The first-order valence-corrected chi connectivity index (χ1v) is 9.29. The molecule has 1 amide bonds. The molecule has 1 aromatic carbocycles. The van der Waals surface area contributed by atoms with Crippen molar-refractivity contribution >= 4 is 26.6 Å².